The van der Waals surface area contributed by atoms with Crippen LogP contribution in [0.1, 0.15) is 43.2 Å². The summed E-state index contributed by atoms with van der Waals surface area (Å²) >= 11 is 0. The van der Waals surface area contributed by atoms with Gasteiger partial charge in [-0.2, -0.15) is 0 Å². The topological polar surface area (TPSA) is 44.7 Å². The maximum absolute atomic E-state index is 9.30. The Bertz CT molecular complexity index is 683. The van der Waals surface area contributed by atoms with Crippen molar-refractivity contribution >= 4 is 7.48 Å². The zero-order valence-corrected chi connectivity index (χ0v) is 16.7. The van der Waals surface area contributed by atoms with Crippen molar-refractivity contribution in [2.24, 2.45) is 11.8 Å². The van der Waals surface area contributed by atoms with Crippen LogP contribution in [0.3, 0.4) is 0 Å². The Morgan fingerprint density at radius 1 is 1.41 bits per heavy atom. The van der Waals surface area contributed by atoms with Crippen molar-refractivity contribution in [3.8, 4) is 5.75 Å². The number of ether oxygens (including phenoxy) is 1. The molecule has 1 aliphatic carbocycles. The van der Waals surface area contributed by atoms with Gasteiger partial charge in [0.1, 0.15) is 11.9 Å². The van der Waals surface area contributed by atoms with Gasteiger partial charge in [0.25, 0.3) is 7.48 Å². The van der Waals surface area contributed by atoms with Crippen molar-refractivity contribution in [1.29, 1.82) is 0 Å². The summed E-state index contributed by atoms with van der Waals surface area (Å²) < 4.78 is 6.23. The van der Waals surface area contributed by atoms with Gasteiger partial charge in [-0.25, -0.2) is 0 Å². The zero-order valence-electron chi connectivity index (χ0n) is 16.7. The Labute approximate surface area is 164 Å². The van der Waals surface area contributed by atoms with Crippen LogP contribution in [0.5, 0.6) is 5.75 Å². The van der Waals surface area contributed by atoms with Crippen molar-refractivity contribution in [2.75, 3.05) is 26.2 Å². The van der Waals surface area contributed by atoms with Crippen molar-refractivity contribution < 1.29 is 9.76 Å². The smallest absolute Gasteiger partial charge is 0.291 e. The minimum Gasteiger partial charge on any atom is -0.486 e. The van der Waals surface area contributed by atoms with E-state index in [-0.39, 0.29) is 6.10 Å². The van der Waals surface area contributed by atoms with Crippen LogP contribution in [0.15, 0.2) is 30.5 Å². The van der Waals surface area contributed by atoms with Gasteiger partial charge >= 0.3 is 0 Å². The summed E-state index contributed by atoms with van der Waals surface area (Å²) in [6.07, 6.45) is 3.97. The number of hydrogen-bond acceptors (Lipinski definition) is 4. The Balaban J connectivity index is 1.25. The standard InChI is InChI=1S/C22H32BN2O2/c1-14-9-18(21-16(3)22(21)23-26)6-7-20(14)27-19-12-25(13-19)15(2)10-17-5-4-8-24-11-17/h6-7,9,16-17,19,21-22,24,26H,2,4-5,8,10-13H2,1,3H3. The van der Waals surface area contributed by atoms with Gasteiger partial charge in [-0.05, 0) is 80.0 Å². The average molecular weight is 367 g/mol. The normalized spacial score (nSPS) is 30.6. The van der Waals surface area contributed by atoms with E-state index in [2.05, 4.69) is 48.8 Å². The van der Waals surface area contributed by atoms with Gasteiger partial charge < -0.3 is 20.0 Å². The van der Waals surface area contributed by atoms with Crippen LogP contribution in [-0.4, -0.2) is 49.7 Å². The van der Waals surface area contributed by atoms with Gasteiger partial charge in [-0.1, -0.05) is 25.6 Å². The molecule has 3 fully saturated rings. The lowest BCUT2D eigenvalue weighted by atomic mass is 9.89. The number of nitrogens with zero attached hydrogens (tertiary/aromatic N) is 1. The van der Waals surface area contributed by atoms with Crippen LogP contribution in [-0.2, 0) is 0 Å². The third-order valence-corrected chi connectivity index (χ3v) is 6.72. The second kappa shape index (κ2) is 7.88. The molecule has 1 radical (unpaired) electrons. The Morgan fingerprint density at radius 2 is 2.22 bits per heavy atom. The second-order valence-corrected chi connectivity index (χ2v) is 8.76. The molecule has 0 amide bonds. The SMILES string of the molecule is C=C(CC1CCCNC1)N1CC(Oc2ccc(C3C(C)C3[B]O)cc2C)C1. The summed E-state index contributed by atoms with van der Waals surface area (Å²) in [7, 11) is 1.36. The molecule has 27 heavy (non-hydrogen) atoms. The summed E-state index contributed by atoms with van der Waals surface area (Å²) in [5, 5.41) is 12.8. The molecule has 0 aromatic heterocycles. The molecular formula is C22H32BN2O2. The largest absolute Gasteiger partial charge is 0.486 e. The fourth-order valence-electron chi connectivity index (χ4n) is 4.77. The number of benzene rings is 1. The number of nitrogens with one attached hydrogen (secondary N) is 1. The molecular weight excluding hydrogens is 335 g/mol. The van der Waals surface area contributed by atoms with Crippen LogP contribution in [0.4, 0.5) is 0 Å². The summed E-state index contributed by atoms with van der Waals surface area (Å²) in [5.74, 6) is 3.03. The van der Waals surface area contributed by atoms with Gasteiger partial charge in [0.05, 0.1) is 13.1 Å². The molecule has 1 aromatic rings. The van der Waals surface area contributed by atoms with E-state index in [1.165, 1.54) is 43.7 Å². The molecule has 4 rings (SSSR count). The molecule has 4 nitrogen and oxygen atoms in total. The summed E-state index contributed by atoms with van der Waals surface area (Å²) in [6.45, 7) is 12.8. The van der Waals surface area contributed by atoms with Crippen LogP contribution >= 0.6 is 0 Å². The first-order valence-corrected chi connectivity index (χ1v) is 10.4. The summed E-state index contributed by atoms with van der Waals surface area (Å²) in [4.78, 5) is 2.37. The average Bonchev–Trinajstić information content (AvgIpc) is 3.29. The minimum absolute atomic E-state index is 0.258. The predicted octanol–water partition coefficient (Wildman–Crippen LogP) is 3.09. The van der Waals surface area contributed by atoms with E-state index in [1.807, 2.05) is 0 Å². The van der Waals surface area contributed by atoms with Crippen LogP contribution < -0.4 is 10.1 Å². The van der Waals surface area contributed by atoms with E-state index in [9.17, 15) is 5.02 Å². The van der Waals surface area contributed by atoms with Gasteiger partial charge in [0, 0.05) is 5.70 Å². The Hall–Kier alpha value is -1.46. The quantitative estimate of drug-likeness (QED) is 0.727. The number of allylic oxidation sites excluding steroid dienone is 1. The van der Waals surface area contributed by atoms with E-state index in [0.717, 1.165) is 37.7 Å². The molecule has 2 aliphatic heterocycles. The second-order valence-electron chi connectivity index (χ2n) is 8.76. The van der Waals surface area contributed by atoms with E-state index in [0.29, 0.717) is 17.7 Å². The molecule has 2 N–H and O–H groups in total. The first kappa shape index (κ1) is 18.9. The number of aryl methyl sites for hydroxylation is 1. The number of likely N-dealkylation sites (tertiary alicyclic amines) is 1. The lowest BCUT2D eigenvalue weighted by Crippen LogP contribution is -2.53. The van der Waals surface area contributed by atoms with Crippen LogP contribution in [0.2, 0.25) is 5.82 Å². The first-order valence-electron chi connectivity index (χ1n) is 10.4. The Kier molecular flexibility index (Phi) is 5.51. The van der Waals surface area contributed by atoms with Crippen LogP contribution in [0.25, 0.3) is 0 Å². The molecule has 1 saturated carbocycles. The van der Waals surface area contributed by atoms with E-state index < -0.39 is 0 Å². The summed E-state index contributed by atoms with van der Waals surface area (Å²) in [5.41, 5.74) is 3.77. The third kappa shape index (κ3) is 4.04. The van der Waals surface area contributed by atoms with Crippen molar-refractivity contribution in [3.63, 3.8) is 0 Å². The van der Waals surface area contributed by atoms with Gasteiger partial charge in [-0.15, -0.1) is 0 Å². The molecule has 1 aromatic carbocycles. The number of rotatable bonds is 7. The number of hydrogen-bond donors (Lipinski definition) is 2. The van der Waals surface area contributed by atoms with Gasteiger partial charge in [-0.3, -0.25) is 0 Å². The highest BCUT2D eigenvalue weighted by Gasteiger charge is 2.47. The van der Waals surface area contributed by atoms with E-state index in [1.54, 1.807) is 0 Å². The zero-order chi connectivity index (χ0) is 19.0. The molecule has 0 bridgehead atoms. The fraction of sp³-hybridized carbons (Fsp3) is 0.636. The van der Waals surface area contributed by atoms with Crippen molar-refractivity contribution in [2.45, 2.75) is 50.9 Å². The van der Waals surface area contributed by atoms with Crippen LogP contribution in [0, 0.1) is 18.8 Å². The minimum atomic E-state index is 0.258. The van der Waals surface area contributed by atoms with Crippen molar-refractivity contribution in [1.82, 2.24) is 10.2 Å². The summed E-state index contributed by atoms with van der Waals surface area (Å²) in [6, 6.07) is 6.50. The highest BCUT2D eigenvalue weighted by atomic mass is 16.5. The maximum Gasteiger partial charge on any atom is 0.291 e. The molecule has 2 heterocycles. The Morgan fingerprint density at radius 3 is 2.85 bits per heavy atom. The molecule has 4 unspecified atom stereocenters. The highest BCUT2D eigenvalue weighted by molar-refractivity contribution is 6.30. The highest BCUT2D eigenvalue weighted by Crippen LogP contribution is 2.58. The van der Waals surface area contributed by atoms with Gasteiger partial charge in [0.2, 0.25) is 0 Å². The maximum atomic E-state index is 9.30. The molecule has 145 valence electrons. The molecule has 4 atom stereocenters. The molecule has 5 heteroatoms. The lowest BCUT2D eigenvalue weighted by Gasteiger charge is -2.43. The lowest BCUT2D eigenvalue weighted by molar-refractivity contribution is 0.0395. The molecule has 2 saturated heterocycles. The van der Waals surface area contributed by atoms with Crippen molar-refractivity contribution in [3.05, 3.63) is 41.6 Å². The predicted molar refractivity (Wildman–Crippen MR) is 110 cm³/mol. The molecule has 0 spiro atoms. The molecule has 3 aliphatic rings. The van der Waals surface area contributed by atoms with E-state index in [4.69, 9.17) is 4.74 Å². The van der Waals surface area contributed by atoms with E-state index >= 15 is 0 Å². The number of piperidine rings is 1. The van der Waals surface area contributed by atoms with Gasteiger partial charge in [0.15, 0.2) is 0 Å². The fourth-order valence-corrected chi connectivity index (χ4v) is 4.77. The monoisotopic (exact) mass is 367 g/mol. The third-order valence-electron chi connectivity index (χ3n) is 6.72. The first-order chi connectivity index (χ1) is 13.1.